The molecule has 1 unspecified atom stereocenters. The van der Waals surface area contributed by atoms with Crippen molar-refractivity contribution in [2.45, 2.75) is 25.4 Å². The lowest BCUT2D eigenvalue weighted by Gasteiger charge is -2.33. The summed E-state index contributed by atoms with van der Waals surface area (Å²) in [7, 11) is 0. The van der Waals surface area contributed by atoms with Crippen molar-refractivity contribution in [2.75, 3.05) is 19.6 Å². The largest absolute Gasteiger partial charge is 0.387 e. The second-order valence-electron chi connectivity index (χ2n) is 6.64. The molecule has 0 spiro atoms. The monoisotopic (exact) mass is 391 g/mol. The number of rotatable bonds is 5. The van der Waals surface area contributed by atoms with Crippen molar-refractivity contribution < 1.29 is 9.50 Å². The molecule has 1 heterocycles. The summed E-state index contributed by atoms with van der Waals surface area (Å²) in [6.07, 6.45) is 2.84. The van der Waals surface area contributed by atoms with E-state index in [0.29, 0.717) is 12.5 Å². The number of likely N-dealkylation sites (tertiary alicyclic amines) is 1. The molecule has 0 amide bonds. The molecular weight excluding hydrogens is 369 g/mol. The van der Waals surface area contributed by atoms with E-state index in [2.05, 4.69) is 20.8 Å². The van der Waals surface area contributed by atoms with Crippen LogP contribution >= 0.6 is 15.9 Å². The molecule has 2 nitrogen and oxygen atoms in total. The summed E-state index contributed by atoms with van der Waals surface area (Å²) in [5, 5.41) is 10.4. The molecule has 3 rings (SSSR count). The molecule has 0 aromatic heterocycles. The van der Waals surface area contributed by atoms with E-state index < -0.39 is 6.10 Å². The van der Waals surface area contributed by atoms with E-state index in [4.69, 9.17) is 0 Å². The van der Waals surface area contributed by atoms with Crippen molar-refractivity contribution >= 4 is 15.9 Å². The second-order valence-corrected chi connectivity index (χ2v) is 7.56. The Morgan fingerprint density at radius 2 is 1.67 bits per heavy atom. The summed E-state index contributed by atoms with van der Waals surface area (Å²) in [6.45, 7) is 2.71. The summed E-state index contributed by atoms with van der Waals surface area (Å²) >= 11 is 3.42. The van der Waals surface area contributed by atoms with E-state index in [9.17, 15) is 9.50 Å². The van der Waals surface area contributed by atoms with E-state index in [1.165, 1.54) is 5.56 Å². The molecule has 1 aliphatic heterocycles. The van der Waals surface area contributed by atoms with Gasteiger partial charge in [-0.3, -0.25) is 0 Å². The Balaban J connectivity index is 1.46. The van der Waals surface area contributed by atoms with E-state index in [1.807, 2.05) is 36.4 Å². The molecule has 2 aromatic rings. The van der Waals surface area contributed by atoms with Gasteiger partial charge in [0.15, 0.2) is 0 Å². The lowest BCUT2D eigenvalue weighted by molar-refractivity contribution is 0.0893. The van der Waals surface area contributed by atoms with Gasteiger partial charge in [-0.15, -0.1) is 0 Å². The van der Waals surface area contributed by atoms with Crippen LogP contribution in [0, 0.1) is 11.7 Å². The van der Waals surface area contributed by atoms with E-state index in [-0.39, 0.29) is 5.82 Å². The van der Waals surface area contributed by atoms with Gasteiger partial charge in [0, 0.05) is 11.0 Å². The third-order valence-corrected chi connectivity index (χ3v) is 5.36. The Labute approximate surface area is 151 Å². The maximum absolute atomic E-state index is 13.0. The quantitative estimate of drug-likeness (QED) is 0.806. The number of benzene rings is 2. The van der Waals surface area contributed by atoms with Crippen LogP contribution in [0.2, 0.25) is 0 Å². The smallest absolute Gasteiger partial charge is 0.123 e. The molecule has 1 atom stereocenters. The van der Waals surface area contributed by atoms with Crippen LogP contribution in [0.15, 0.2) is 53.0 Å². The van der Waals surface area contributed by atoms with Gasteiger partial charge in [0.05, 0.1) is 6.10 Å². The zero-order valence-corrected chi connectivity index (χ0v) is 15.3. The van der Waals surface area contributed by atoms with Crippen LogP contribution in [0.25, 0.3) is 0 Å². The van der Waals surface area contributed by atoms with Crippen molar-refractivity contribution in [3.05, 3.63) is 69.9 Å². The lowest BCUT2D eigenvalue weighted by atomic mass is 9.90. The van der Waals surface area contributed by atoms with Gasteiger partial charge in [-0.05, 0) is 73.7 Å². The Morgan fingerprint density at radius 1 is 1.04 bits per heavy atom. The van der Waals surface area contributed by atoms with Gasteiger partial charge in [-0.2, -0.15) is 0 Å². The summed E-state index contributed by atoms with van der Waals surface area (Å²) in [5.74, 6) is 0.479. The maximum atomic E-state index is 13.0. The summed E-state index contributed by atoms with van der Waals surface area (Å²) < 4.78 is 14.0. The first-order valence-electron chi connectivity index (χ1n) is 8.50. The number of halogens is 2. The molecule has 0 saturated carbocycles. The van der Waals surface area contributed by atoms with Crippen molar-refractivity contribution in [1.82, 2.24) is 4.90 Å². The van der Waals surface area contributed by atoms with E-state index in [0.717, 1.165) is 42.4 Å². The average Bonchev–Trinajstić information content (AvgIpc) is 2.59. The molecular formula is C20H23BrFNO. The van der Waals surface area contributed by atoms with Crippen molar-refractivity contribution in [3.63, 3.8) is 0 Å². The molecule has 24 heavy (non-hydrogen) atoms. The number of aliphatic hydroxyl groups is 1. The first-order chi connectivity index (χ1) is 11.6. The van der Waals surface area contributed by atoms with Gasteiger partial charge in [-0.25, -0.2) is 4.39 Å². The molecule has 1 saturated heterocycles. The van der Waals surface area contributed by atoms with Gasteiger partial charge in [0.2, 0.25) is 0 Å². The SMILES string of the molecule is OC(CN1CCC(Cc2ccc(F)cc2)CC1)c1ccc(Br)cc1. The minimum atomic E-state index is -0.438. The van der Waals surface area contributed by atoms with Crippen molar-refractivity contribution in [2.24, 2.45) is 5.92 Å². The normalized spacial score (nSPS) is 17.8. The fourth-order valence-electron chi connectivity index (χ4n) is 3.36. The van der Waals surface area contributed by atoms with Gasteiger partial charge in [0.1, 0.15) is 5.82 Å². The third kappa shape index (κ3) is 4.88. The molecule has 0 aliphatic carbocycles. The Bertz CT molecular complexity index is 636. The standard InChI is InChI=1S/C20H23BrFNO/c21-18-5-3-17(4-6-18)20(24)14-23-11-9-16(10-12-23)13-15-1-7-19(22)8-2-15/h1-8,16,20,24H,9-14H2. The molecule has 1 fully saturated rings. The Morgan fingerprint density at radius 3 is 2.29 bits per heavy atom. The molecule has 128 valence electrons. The first kappa shape index (κ1) is 17.6. The molecule has 4 heteroatoms. The minimum Gasteiger partial charge on any atom is -0.387 e. The lowest BCUT2D eigenvalue weighted by Crippen LogP contribution is -2.37. The maximum Gasteiger partial charge on any atom is 0.123 e. The molecule has 0 radical (unpaired) electrons. The zero-order chi connectivity index (χ0) is 16.9. The van der Waals surface area contributed by atoms with Gasteiger partial charge in [0.25, 0.3) is 0 Å². The summed E-state index contributed by atoms with van der Waals surface area (Å²) in [6, 6.07) is 14.7. The third-order valence-electron chi connectivity index (χ3n) is 4.83. The summed E-state index contributed by atoms with van der Waals surface area (Å²) in [4.78, 5) is 2.34. The number of hydrogen-bond acceptors (Lipinski definition) is 2. The van der Waals surface area contributed by atoms with Gasteiger partial charge < -0.3 is 10.0 Å². The highest BCUT2D eigenvalue weighted by molar-refractivity contribution is 9.10. The predicted octanol–water partition coefficient (Wildman–Crippen LogP) is 4.58. The Hall–Kier alpha value is -1.23. The fourth-order valence-corrected chi connectivity index (χ4v) is 3.63. The van der Waals surface area contributed by atoms with Crippen LogP contribution in [0.1, 0.15) is 30.1 Å². The number of β-amino-alcohol motifs (C(OH)–C–C–N with tert-alkyl or cyclic N) is 1. The van der Waals surface area contributed by atoms with Gasteiger partial charge in [-0.1, -0.05) is 40.2 Å². The first-order valence-corrected chi connectivity index (χ1v) is 9.30. The highest BCUT2D eigenvalue weighted by Crippen LogP contribution is 2.24. The minimum absolute atomic E-state index is 0.171. The number of piperidine rings is 1. The van der Waals surface area contributed by atoms with Crippen LogP contribution < -0.4 is 0 Å². The predicted molar refractivity (Wildman–Crippen MR) is 98.4 cm³/mol. The van der Waals surface area contributed by atoms with Crippen molar-refractivity contribution in [3.8, 4) is 0 Å². The van der Waals surface area contributed by atoms with Gasteiger partial charge >= 0.3 is 0 Å². The fraction of sp³-hybridized carbons (Fsp3) is 0.400. The summed E-state index contributed by atoms with van der Waals surface area (Å²) in [5.41, 5.74) is 2.18. The molecule has 1 N–H and O–H groups in total. The number of aliphatic hydroxyl groups excluding tert-OH is 1. The second kappa shape index (κ2) is 8.24. The highest BCUT2D eigenvalue weighted by atomic mass is 79.9. The molecule has 0 bridgehead atoms. The van der Waals surface area contributed by atoms with Crippen LogP contribution in [0.3, 0.4) is 0 Å². The van der Waals surface area contributed by atoms with E-state index in [1.54, 1.807) is 12.1 Å². The Kier molecular flexibility index (Phi) is 6.04. The highest BCUT2D eigenvalue weighted by Gasteiger charge is 2.21. The van der Waals surface area contributed by atoms with Crippen LogP contribution in [-0.2, 0) is 6.42 Å². The van der Waals surface area contributed by atoms with Crippen LogP contribution in [0.4, 0.5) is 4.39 Å². The molecule has 2 aromatic carbocycles. The topological polar surface area (TPSA) is 23.5 Å². The zero-order valence-electron chi connectivity index (χ0n) is 13.7. The van der Waals surface area contributed by atoms with Crippen LogP contribution in [-0.4, -0.2) is 29.6 Å². The average molecular weight is 392 g/mol. The van der Waals surface area contributed by atoms with Crippen LogP contribution in [0.5, 0.6) is 0 Å². The van der Waals surface area contributed by atoms with E-state index >= 15 is 0 Å². The number of nitrogens with zero attached hydrogens (tertiary/aromatic N) is 1. The number of hydrogen-bond donors (Lipinski definition) is 1. The van der Waals surface area contributed by atoms with Crippen molar-refractivity contribution in [1.29, 1.82) is 0 Å². The molecule has 1 aliphatic rings.